The van der Waals surface area contributed by atoms with Gasteiger partial charge in [-0.25, -0.2) is 28.1 Å². The number of amides is 1. The highest BCUT2D eigenvalue weighted by Crippen LogP contribution is 2.31. The number of sulfonamides is 1. The molecule has 1 amide bonds. The van der Waals surface area contributed by atoms with Crippen LogP contribution >= 0.6 is 0 Å². The van der Waals surface area contributed by atoms with E-state index in [-0.39, 0.29) is 52.7 Å². The van der Waals surface area contributed by atoms with Gasteiger partial charge in [-0.1, -0.05) is 58.9 Å². The maximum atomic E-state index is 14.3. The molecule has 11 heteroatoms. The molecule has 2 aromatic carbocycles. The average molecular weight is 629 g/mol. The van der Waals surface area contributed by atoms with Gasteiger partial charge in [0.2, 0.25) is 11.8 Å². The molecule has 0 spiro atoms. The van der Waals surface area contributed by atoms with Gasteiger partial charge < -0.3 is 9.64 Å². The number of carbonyl (C=O) groups is 1. The smallest absolute Gasteiger partial charge is 0.264 e. The molecular weight excluding hydrogens is 588 g/mol. The maximum absolute atomic E-state index is 14.3. The molecule has 5 rings (SSSR count). The van der Waals surface area contributed by atoms with Crippen molar-refractivity contribution in [2.75, 3.05) is 11.3 Å². The van der Waals surface area contributed by atoms with E-state index in [9.17, 15) is 13.2 Å². The van der Waals surface area contributed by atoms with Crippen molar-refractivity contribution in [2.45, 2.75) is 78.3 Å². The summed E-state index contributed by atoms with van der Waals surface area (Å²) in [5, 5.41) is 0. The number of aryl methyl sites for hydroxylation is 2. The zero-order valence-corrected chi connectivity index (χ0v) is 27.6. The van der Waals surface area contributed by atoms with Gasteiger partial charge in [0.25, 0.3) is 15.9 Å². The van der Waals surface area contributed by atoms with Crippen LogP contribution in [-0.2, 0) is 16.6 Å². The maximum Gasteiger partial charge on any atom is 0.264 e. The lowest BCUT2D eigenvalue weighted by atomic mass is 9.87. The number of carbonyl (C=O) groups excluding carboxylic acids is 1. The van der Waals surface area contributed by atoms with Crippen LogP contribution < -0.4 is 9.46 Å². The molecule has 0 fully saturated rings. The number of fused-ring (bicyclic) bond motifs is 4. The van der Waals surface area contributed by atoms with Crippen LogP contribution in [0.4, 0.5) is 5.95 Å². The molecule has 1 aliphatic heterocycles. The van der Waals surface area contributed by atoms with Gasteiger partial charge in [-0.15, -0.1) is 0 Å². The van der Waals surface area contributed by atoms with E-state index in [0.29, 0.717) is 23.6 Å². The molecule has 0 unspecified atom stereocenters. The lowest BCUT2D eigenvalue weighted by Crippen LogP contribution is -2.45. The Hall–Kier alpha value is -4.38. The molecule has 1 N–H and O–H groups in total. The number of benzene rings is 2. The highest BCUT2D eigenvalue weighted by Gasteiger charge is 2.32. The number of hydrogen-bond acceptors (Lipinski definition) is 8. The predicted octanol–water partition coefficient (Wildman–Crippen LogP) is 6.31. The average Bonchev–Trinajstić information content (AvgIpc) is 2.97. The summed E-state index contributed by atoms with van der Waals surface area (Å²) in [6, 6.07) is 15.0. The minimum Gasteiger partial charge on any atom is -0.475 e. The Morgan fingerprint density at radius 1 is 1.00 bits per heavy atom. The molecule has 45 heavy (non-hydrogen) atoms. The summed E-state index contributed by atoms with van der Waals surface area (Å²) < 4.78 is 36.1. The van der Waals surface area contributed by atoms with Crippen molar-refractivity contribution in [3.05, 3.63) is 89.0 Å². The van der Waals surface area contributed by atoms with Gasteiger partial charge in [0.05, 0.1) is 28.9 Å². The molecule has 0 saturated heterocycles. The van der Waals surface area contributed by atoms with E-state index in [4.69, 9.17) is 9.72 Å². The van der Waals surface area contributed by atoms with Crippen LogP contribution in [0.5, 0.6) is 5.88 Å². The van der Waals surface area contributed by atoms with Crippen molar-refractivity contribution in [1.29, 1.82) is 0 Å². The van der Waals surface area contributed by atoms with Crippen LogP contribution in [0.1, 0.15) is 80.0 Å². The largest absolute Gasteiger partial charge is 0.475 e. The van der Waals surface area contributed by atoms with Crippen molar-refractivity contribution < 1.29 is 17.9 Å². The zero-order chi connectivity index (χ0) is 32.5. The van der Waals surface area contributed by atoms with Crippen molar-refractivity contribution in [2.24, 2.45) is 5.41 Å². The molecule has 3 heterocycles. The van der Waals surface area contributed by atoms with Crippen molar-refractivity contribution in [3.63, 3.8) is 0 Å². The Kier molecular flexibility index (Phi) is 8.93. The third-order valence-electron chi connectivity index (χ3n) is 7.61. The zero-order valence-electron chi connectivity index (χ0n) is 26.8. The summed E-state index contributed by atoms with van der Waals surface area (Å²) in [7, 11) is -4.16. The number of aromatic nitrogens is 4. The van der Waals surface area contributed by atoms with Gasteiger partial charge in [0.15, 0.2) is 0 Å². The third kappa shape index (κ3) is 7.47. The summed E-state index contributed by atoms with van der Waals surface area (Å²) in [6.07, 6.45) is 2.30. The fraction of sp³-hybridized carbons (Fsp3) is 0.382. The molecule has 0 aliphatic carbocycles. The number of rotatable bonds is 5. The monoisotopic (exact) mass is 628 g/mol. The Labute approximate surface area is 265 Å². The second-order valence-electron chi connectivity index (χ2n) is 13.0. The van der Waals surface area contributed by atoms with E-state index in [2.05, 4.69) is 40.4 Å². The van der Waals surface area contributed by atoms with Crippen LogP contribution in [0, 0.1) is 19.3 Å². The molecule has 10 nitrogen and oxygen atoms in total. The van der Waals surface area contributed by atoms with E-state index < -0.39 is 16.1 Å². The molecule has 4 aromatic rings. The van der Waals surface area contributed by atoms with E-state index in [1.165, 1.54) is 12.1 Å². The summed E-state index contributed by atoms with van der Waals surface area (Å²) in [5.41, 5.74) is 4.08. The molecule has 4 bridgehead atoms. The van der Waals surface area contributed by atoms with Gasteiger partial charge in [0, 0.05) is 29.3 Å². The van der Waals surface area contributed by atoms with Gasteiger partial charge in [0.1, 0.15) is 12.4 Å². The molecule has 236 valence electrons. The first-order valence-corrected chi connectivity index (χ1v) is 16.5. The van der Waals surface area contributed by atoms with Crippen molar-refractivity contribution >= 4 is 21.9 Å². The summed E-state index contributed by atoms with van der Waals surface area (Å²) >= 11 is 0. The molecule has 1 atom stereocenters. The SMILES string of the molecule is Cc1cccc(C)c1-c1cc2nc(n1)NS(=O)(=O)c1cccc(c1)C(=O)N(Cc1ccnc(C(C)C)n1)[C@H](CC(C)(C)C)CO2. The first-order chi connectivity index (χ1) is 21.2. The van der Waals surface area contributed by atoms with Crippen LogP contribution in [-0.4, -0.2) is 51.8 Å². The fourth-order valence-electron chi connectivity index (χ4n) is 5.50. The predicted molar refractivity (Wildman–Crippen MR) is 174 cm³/mol. The topological polar surface area (TPSA) is 127 Å². The van der Waals surface area contributed by atoms with E-state index in [1.807, 2.05) is 45.9 Å². The van der Waals surface area contributed by atoms with Gasteiger partial charge in [-0.05, 0) is 61.1 Å². The van der Waals surface area contributed by atoms with Crippen molar-refractivity contribution in [1.82, 2.24) is 24.8 Å². The summed E-state index contributed by atoms with van der Waals surface area (Å²) in [6.45, 7) is 14.6. The van der Waals surface area contributed by atoms with Crippen LogP contribution in [0.3, 0.4) is 0 Å². The first kappa shape index (κ1) is 32.0. The molecule has 0 radical (unpaired) electrons. The molecule has 0 saturated carbocycles. The van der Waals surface area contributed by atoms with E-state index in [0.717, 1.165) is 16.7 Å². The molecular formula is C34H40N6O4S. The number of anilines is 1. The fourth-order valence-corrected chi connectivity index (χ4v) is 6.49. The minimum absolute atomic E-state index is 0.0763. The minimum atomic E-state index is -4.16. The Bertz CT molecular complexity index is 1810. The van der Waals surface area contributed by atoms with Crippen LogP contribution in [0.15, 0.2) is 65.7 Å². The third-order valence-corrected chi connectivity index (χ3v) is 8.94. The van der Waals surface area contributed by atoms with Crippen molar-refractivity contribution in [3.8, 4) is 17.1 Å². The molecule has 2 aromatic heterocycles. The van der Waals surface area contributed by atoms with E-state index in [1.54, 1.807) is 35.4 Å². The Morgan fingerprint density at radius 2 is 1.71 bits per heavy atom. The number of ether oxygens (including phenoxy) is 1. The highest BCUT2D eigenvalue weighted by atomic mass is 32.2. The summed E-state index contributed by atoms with van der Waals surface area (Å²) in [5.74, 6) is 0.537. The quantitative estimate of drug-likeness (QED) is 0.272. The van der Waals surface area contributed by atoms with E-state index >= 15 is 0 Å². The van der Waals surface area contributed by atoms with Gasteiger partial charge in [-0.2, -0.15) is 4.98 Å². The van der Waals surface area contributed by atoms with Gasteiger partial charge in [-0.3, -0.25) is 4.79 Å². The normalized spacial score (nSPS) is 16.7. The number of nitrogens with zero attached hydrogens (tertiary/aromatic N) is 5. The van der Waals surface area contributed by atoms with Crippen LogP contribution in [0.25, 0.3) is 11.3 Å². The second-order valence-corrected chi connectivity index (χ2v) is 14.7. The highest BCUT2D eigenvalue weighted by molar-refractivity contribution is 7.92. The number of hydrogen-bond donors (Lipinski definition) is 1. The standard InChI is InChI=1S/C34H40N6O4S/c1-21(2)31-35-15-14-25(36-31)19-40-26(18-34(5,6)7)20-44-29-17-28(30-22(3)10-8-11-23(30)4)37-33(38-29)39-45(42,43)27-13-9-12-24(16-27)32(40)41/h8-17,21,26H,18-20H2,1-7H3,(H,37,38,39)/t26-/m1/s1. The molecule has 1 aliphatic rings. The first-order valence-electron chi connectivity index (χ1n) is 15.0. The Balaban J connectivity index is 1.68. The lowest BCUT2D eigenvalue weighted by Gasteiger charge is -2.35. The lowest BCUT2D eigenvalue weighted by molar-refractivity contribution is 0.0509. The number of nitrogens with one attached hydrogen (secondary N) is 1. The Morgan fingerprint density at radius 3 is 2.40 bits per heavy atom. The second kappa shape index (κ2) is 12.5. The summed E-state index contributed by atoms with van der Waals surface area (Å²) in [4.78, 5) is 34.2. The van der Waals surface area contributed by atoms with Gasteiger partial charge >= 0.3 is 0 Å². The van der Waals surface area contributed by atoms with Crippen LogP contribution in [0.2, 0.25) is 0 Å².